The molecule has 3 atom stereocenters. The number of halogens is 1. The van der Waals surface area contributed by atoms with Gasteiger partial charge in [-0.05, 0) is 41.1 Å². The minimum Gasteiger partial charge on any atom is -0.340 e. The molecule has 1 aromatic heterocycles. The van der Waals surface area contributed by atoms with Crippen molar-refractivity contribution in [1.29, 1.82) is 0 Å². The summed E-state index contributed by atoms with van der Waals surface area (Å²) in [6.45, 7) is 8.08. The van der Waals surface area contributed by atoms with Gasteiger partial charge in [-0.15, -0.1) is 0 Å². The van der Waals surface area contributed by atoms with E-state index in [1.54, 1.807) is 10.9 Å². The highest BCUT2D eigenvalue weighted by molar-refractivity contribution is 9.10. The first-order valence-corrected chi connectivity index (χ1v) is 7.25. The first kappa shape index (κ1) is 13.6. The third-order valence-corrected chi connectivity index (χ3v) is 3.91. The van der Waals surface area contributed by atoms with Crippen LogP contribution in [-0.2, 0) is 4.79 Å². The van der Waals surface area contributed by atoms with Crippen LogP contribution in [-0.4, -0.2) is 33.7 Å². The van der Waals surface area contributed by atoms with E-state index in [4.69, 9.17) is 0 Å². The molecule has 0 saturated carbocycles. The molecule has 100 valence electrons. The fourth-order valence-corrected chi connectivity index (χ4v) is 3.05. The Labute approximate surface area is 116 Å². The zero-order valence-corrected chi connectivity index (χ0v) is 12.7. The summed E-state index contributed by atoms with van der Waals surface area (Å²) in [6, 6.07) is -0.228. The number of likely N-dealkylation sites (tertiary alicyclic amines) is 1. The van der Waals surface area contributed by atoms with Crippen LogP contribution in [0.25, 0.3) is 0 Å². The van der Waals surface area contributed by atoms with Crippen LogP contribution in [0.2, 0.25) is 0 Å². The lowest BCUT2D eigenvalue weighted by atomic mass is 9.91. The van der Waals surface area contributed by atoms with Crippen LogP contribution in [0.3, 0.4) is 0 Å². The third-order valence-electron chi connectivity index (χ3n) is 3.50. The number of rotatable bonds is 2. The van der Waals surface area contributed by atoms with Crippen LogP contribution in [0, 0.1) is 11.8 Å². The van der Waals surface area contributed by atoms with Crippen LogP contribution in [0.15, 0.2) is 16.9 Å². The number of amides is 1. The Morgan fingerprint density at radius 1 is 1.44 bits per heavy atom. The summed E-state index contributed by atoms with van der Waals surface area (Å²) < 4.78 is 2.62. The van der Waals surface area contributed by atoms with E-state index in [0.29, 0.717) is 11.8 Å². The fourth-order valence-electron chi connectivity index (χ4n) is 2.75. The molecule has 0 aromatic carbocycles. The molecule has 1 aliphatic rings. The molecule has 0 radical (unpaired) electrons. The molecule has 0 N–H and O–H groups in total. The molecule has 1 amide bonds. The average Bonchev–Trinajstić information content (AvgIpc) is 2.72. The number of carbonyl (C=O) groups excluding carboxylic acids is 1. The Morgan fingerprint density at radius 2 is 2.06 bits per heavy atom. The van der Waals surface area contributed by atoms with Gasteiger partial charge in [-0.2, -0.15) is 5.10 Å². The van der Waals surface area contributed by atoms with Gasteiger partial charge in [0.1, 0.15) is 6.04 Å². The molecule has 1 aromatic rings. The van der Waals surface area contributed by atoms with Gasteiger partial charge < -0.3 is 4.90 Å². The zero-order valence-electron chi connectivity index (χ0n) is 11.1. The van der Waals surface area contributed by atoms with Gasteiger partial charge in [0.2, 0.25) is 5.91 Å². The van der Waals surface area contributed by atoms with E-state index in [1.165, 1.54) is 6.42 Å². The molecule has 1 saturated heterocycles. The monoisotopic (exact) mass is 313 g/mol. The first-order valence-electron chi connectivity index (χ1n) is 6.45. The van der Waals surface area contributed by atoms with Gasteiger partial charge in [0.25, 0.3) is 0 Å². The molecule has 0 unspecified atom stereocenters. The summed E-state index contributed by atoms with van der Waals surface area (Å²) in [5, 5.41) is 4.19. The third kappa shape index (κ3) is 2.94. The molecule has 0 spiro atoms. The predicted octanol–water partition coefficient (Wildman–Crippen LogP) is 2.71. The van der Waals surface area contributed by atoms with E-state index in [-0.39, 0.29) is 11.9 Å². The molecule has 0 bridgehead atoms. The Bertz CT molecular complexity index is 422. The number of hydrogen-bond donors (Lipinski definition) is 0. The summed E-state index contributed by atoms with van der Waals surface area (Å²) in [5.41, 5.74) is 0. The summed E-state index contributed by atoms with van der Waals surface area (Å²) in [7, 11) is 0. The van der Waals surface area contributed by atoms with Crippen LogP contribution in [0.1, 0.15) is 33.2 Å². The largest absolute Gasteiger partial charge is 0.340 e. The minimum atomic E-state index is -0.228. The van der Waals surface area contributed by atoms with Crippen molar-refractivity contribution < 1.29 is 4.79 Å². The molecule has 0 aliphatic carbocycles. The van der Waals surface area contributed by atoms with Crippen LogP contribution in [0.5, 0.6) is 0 Å². The van der Waals surface area contributed by atoms with E-state index in [2.05, 4.69) is 34.9 Å². The highest BCUT2D eigenvalue weighted by atomic mass is 79.9. The van der Waals surface area contributed by atoms with E-state index in [9.17, 15) is 4.79 Å². The molecule has 1 fully saturated rings. The maximum absolute atomic E-state index is 12.4. The normalized spacial score (nSPS) is 26.1. The maximum atomic E-state index is 12.4. The second kappa shape index (κ2) is 5.43. The summed E-state index contributed by atoms with van der Waals surface area (Å²) in [6.07, 6.45) is 4.77. The number of nitrogens with zero attached hydrogens (tertiary/aromatic N) is 3. The number of aromatic nitrogens is 2. The van der Waals surface area contributed by atoms with Gasteiger partial charge in [-0.1, -0.05) is 13.8 Å². The lowest BCUT2D eigenvalue weighted by Crippen LogP contribution is -2.45. The lowest BCUT2D eigenvalue weighted by molar-refractivity contribution is -0.137. The predicted molar refractivity (Wildman–Crippen MR) is 74.2 cm³/mol. The number of hydrogen-bond acceptors (Lipinski definition) is 2. The summed E-state index contributed by atoms with van der Waals surface area (Å²) >= 11 is 3.36. The van der Waals surface area contributed by atoms with Crippen molar-refractivity contribution in [3.63, 3.8) is 0 Å². The van der Waals surface area contributed by atoms with E-state index in [1.807, 2.05) is 18.0 Å². The average molecular weight is 314 g/mol. The van der Waals surface area contributed by atoms with Crippen molar-refractivity contribution in [3.05, 3.63) is 16.9 Å². The van der Waals surface area contributed by atoms with Crippen molar-refractivity contribution in [1.82, 2.24) is 14.7 Å². The van der Waals surface area contributed by atoms with E-state index < -0.39 is 0 Å². The van der Waals surface area contributed by atoms with Crippen molar-refractivity contribution in [2.45, 2.75) is 33.2 Å². The number of carbonyl (C=O) groups is 1. The summed E-state index contributed by atoms with van der Waals surface area (Å²) in [4.78, 5) is 14.4. The number of piperidine rings is 1. The second-order valence-electron chi connectivity index (χ2n) is 5.50. The van der Waals surface area contributed by atoms with Crippen LogP contribution < -0.4 is 0 Å². The molecule has 5 heteroatoms. The van der Waals surface area contributed by atoms with Crippen molar-refractivity contribution in [2.24, 2.45) is 11.8 Å². The second-order valence-corrected chi connectivity index (χ2v) is 6.42. The smallest absolute Gasteiger partial charge is 0.247 e. The lowest BCUT2D eigenvalue weighted by Gasteiger charge is -2.36. The summed E-state index contributed by atoms with van der Waals surface area (Å²) in [5.74, 6) is 1.35. The molecule has 18 heavy (non-hydrogen) atoms. The Kier molecular flexibility index (Phi) is 4.10. The molecule has 2 rings (SSSR count). The van der Waals surface area contributed by atoms with E-state index >= 15 is 0 Å². The van der Waals surface area contributed by atoms with Crippen molar-refractivity contribution >= 4 is 21.8 Å². The van der Waals surface area contributed by atoms with Crippen LogP contribution >= 0.6 is 15.9 Å². The quantitative estimate of drug-likeness (QED) is 0.842. The Balaban J connectivity index is 2.06. The highest BCUT2D eigenvalue weighted by Crippen LogP contribution is 2.23. The van der Waals surface area contributed by atoms with Gasteiger partial charge >= 0.3 is 0 Å². The first-order chi connectivity index (χ1) is 8.47. The minimum absolute atomic E-state index is 0.170. The molecule has 4 nitrogen and oxygen atoms in total. The molecular formula is C13H20BrN3O. The van der Waals surface area contributed by atoms with Crippen molar-refractivity contribution in [2.75, 3.05) is 13.1 Å². The standard InChI is InChI=1S/C13H20BrN3O/c1-9-4-10(2)7-16(6-9)13(18)11(3)17-8-12(14)5-15-17/h5,8-11H,4,6-7H2,1-3H3/t9-,10+,11-/m0/s1. The van der Waals surface area contributed by atoms with Gasteiger partial charge in [0.05, 0.1) is 10.7 Å². The Hall–Kier alpha value is -0.840. The van der Waals surface area contributed by atoms with Gasteiger partial charge in [0, 0.05) is 19.3 Å². The fraction of sp³-hybridized carbons (Fsp3) is 0.692. The van der Waals surface area contributed by atoms with Gasteiger partial charge in [-0.3, -0.25) is 9.48 Å². The molecule has 1 aliphatic heterocycles. The van der Waals surface area contributed by atoms with Gasteiger partial charge in [0.15, 0.2) is 0 Å². The molecular weight excluding hydrogens is 294 g/mol. The topological polar surface area (TPSA) is 38.1 Å². The van der Waals surface area contributed by atoms with Crippen LogP contribution in [0.4, 0.5) is 0 Å². The molecule has 2 heterocycles. The SMILES string of the molecule is C[C@@H]1C[C@H](C)CN(C(=O)[C@H](C)n2cc(Br)cn2)C1. The van der Waals surface area contributed by atoms with E-state index in [0.717, 1.165) is 17.6 Å². The maximum Gasteiger partial charge on any atom is 0.247 e. The highest BCUT2D eigenvalue weighted by Gasteiger charge is 2.29. The van der Waals surface area contributed by atoms with Crippen molar-refractivity contribution in [3.8, 4) is 0 Å². The Morgan fingerprint density at radius 3 is 2.56 bits per heavy atom. The van der Waals surface area contributed by atoms with Gasteiger partial charge in [-0.25, -0.2) is 0 Å². The zero-order chi connectivity index (χ0) is 13.3.